The van der Waals surface area contributed by atoms with Crippen LogP contribution in [0.4, 0.5) is 0 Å². The van der Waals surface area contributed by atoms with E-state index < -0.39 is 0 Å². The molecular formula is C17H19NO. The zero-order valence-electron chi connectivity index (χ0n) is 11.2. The van der Waals surface area contributed by atoms with Crippen LogP contribution in [0.3, 0.4) is 0 Å². The van der Waals surface area contributed by atoms with Gasteiger partial charge in [-0.25, -0.2) is 0 Å². The van der Waals surface area contributed by atoms with Crippen LogP contribution in [0.2, 0.25) is 0 Å². The van der Waals surface area contributed by atoms with Crippen molar-refractivity contribution in [2.24, 2.45) is 5.16 Å². The quantitative estimate of drug-likeness (QED) is 0.545. The minimum atomic E-state index is 0.0335. The molecule has 19 heavy (non-hydrogen) atoms. The molecule has 0 fully saturated rings. The Labute approximate surface area is 114 Å². The summed E-state index contributed by atoms with van der Waals surface area (Å²) in [4.78, 5) is 5.64. The summed E-state index contributed by atoms with van der Waals surface area (Å²) >= 11 is 0. The van der Waals surface area contributed by atoms with Crippen LogP contribution in [0.25, 0.3) is 0 Å². The van der Waals surface area contributed by atoms with Gasteiger partial charge in [0, 0.05) is 0 Å². The molecule has 98 valence electrons. The second-order valence-electron chi connectivity index (χ2n) is 4.44. The Morgan fingerprint density at radius 1 is 1.00 bits per heavy atom. The lowest BCUT2D eigenvalue weighted by molar-refractivity contribution is 0.0528. The van der Waals surface area contributed by atoms with E-state index in [0.717, 1.165) is 18.4 Å². The van der Waals surface area contributed by atoms with Crippen LogP contribution in [0.15, 0.2) is 65.8 Å². The average Bonchev–Trinajstić information content (AvgIpc) is 2.48. The largest absolute Gasteiger partial charge is 0.388 e. The van der Waals surface area contributed by atoms with E-state index in [0.29, 0.717) is 0 Å². The van der Waals surface area contributed by atoms with E-state index in [1.54, 1.807) is 6.21 Å². The lowest BCUT2D eigenvalue weighted by atomic mass is 10.1. The summed E-state index contributed by atoms with van der Waals surface area (Å²) in [5.74, 6) is 0. The predicted octanol–water partition coefficient (Wildman–Crippen LogP) is 4.58. The molecule has 0 aliphatic heterocycles. The Balaban J connectivity index is 2.00. The summed E-state index contributed by atoms with van der Waals surface area (Å²) < 4.78 is 0. The summed E-state index contributed by atoms with van der Waals surface area (Å²) in [6, 6.07) is 20.2. The van der Waals surface area contributed by atoms with Gasteiger partial charge < -0.3 is 4.84 Å². The van der Waals surface area contributed by atoms with Gasteiger partial charge in [0.05, 0.1) is 6.21 Å². The first-order chi connectivity index (χ1) is 9.40. The Morgan fingerprint density at radius 2 is 1.63 bits per heavy atom. The van der Waals surface area contributed by atoms with Crippen molar-refractivity contribution in [3.8, 4) is 0 Å². The van der Waals surface area contributed by atoms with Gasteiger partial charge in [0.15, 0.2) is 6.10 Å². The maximum absolute atomic E-state index is 5.64. The second kappa shape index (κ2) is 7.37. The van der Waals surface area contributed by atoms with Gasteiger partial charge in [-0.3, -0.25) is 0 Å². The fraction of sp³-hybridized carbons (Fsp3) is 0.235. The number of oxime groups is 1. The molecule has 0 saturated heterocycles. The predicted molar refractivity (Wildman–Crippen MR) is 79.2 cm³/mol. The molecule has 0 bridgehead atoms. The van der Waals surface area contributed by atoms with Crippen molar-refractivity contribution in [3.05, 3.63) is 71.8 Å². The third kappa shape index (κ3) is 4.25. The van der Waals surface area contributed by atoms with Crippen LogP contribution in [0.5, 0.6) is 0 Å². The topological polar surface area (TPSA) is 21.6 Å². The van der Waals surface area contributed by atoms with Crippen LogP contribution in [0, 0.1) is 0 Å². The first-order valence-corrected chi connectivity index (χ1v) is 6.69. The average molecular weight is 253 g/mol. The zero-order chi connectivity index (χ0) is 13.3. The molecular weight excluding hydrogens is 234 g/mol. The lowest BCUT2D eigenvalue weighted by Gasteiger charge is -2.14. The summed E-state index contributed by atoms with van der Waals surface area (Å²) in [5, 5.41) is 4.11. The van der Waals surface area contributed by atoms with Crippen molar-refractivity contribution < 1.29 is 4.84 Å². The normalized spacial score (nSPS) is 12.5. The van der Waals surface area contributed by atoms with Crippen molar-refractivity contribution in [1.82, 2.24) is 0 Å². The minimum absolute atomic E-state index is 0.0335. The highest BCUT2D eigenvalue weighted by atomic mass is 16.6. The molecule has 0 aromatic heterocycles. The molecule has 2 rings (SSSR count). The fourth-order valence-electron chi connectivity index (χ4n) is 1.91. The molecule has 0 unspecified atom stereocenters. The highest BCUT2D eigenvalue weighted by Crippen LogP contribution is 2.22. The first-order valence-electron chi connectivity index (χ1n) is 6.69. The maximum Gasteiger partial charge on any atom is 0.152 e. The molecule has 0 aliphatic carbocycles. The van der Waals surface area contributed by atoms with Crippen LogP contribution in [0.1, 0.15) is 37.0 Å². The Hall–Kier alpha value is -2.09. The highest BCUT2D eigenvalue weighted by molar-refractivity contribution is 5.78. The monoisotopic (exact) mass is 253 g/mol. The van der Waals surface area contributed by atoms with Crippen LogP contribution in [-0.2, 0) is 4.84 Å². The summed E-state index contributed by atoms with van der Waals surface area (Å²) in [5.41, 5.74) is 2.22. The van der Waals surface area contributed by atoms with E-state index in [1.807, 2.05) is 48.5 Å². The van der Waals surface area contributed by atoms with Crippen LogP contribution >= 0.6 is 0 Å². The van der Waals surface area contributed by atoms with E-state index in [4.69, 9.17) is 4.84 Å². The highest BCUT2D eigenvalue weighted by Gasteiger charge is 2.10. The molecule has 0 amide bonds. The van der Waals surface area contributed by atoms with Crippen molar-refractivity contribution in [2.75, 3.05) is 0 Å². The van der Waals surface area contributed by atoms with Crippen LogP contribution in [-0.4, -0.2) is 6.21 Å². The third-order valence-electron chi connectivity index (χ3n) is 2.91. The van der Waals surface area contributed by atoms with Crippen LogP contribution < -0.4 is 0 Å². The fourth-order valence-corrected chi connectivity index (χ4v) is 1.91. The van der Waals surface area contributed by atoms with Crippen molar-refractivity contribution in [3.63, 3.8) is 0 Å². The Bertz CT molecular complexity index is 493. The number of rotatable bonds is 6. The van der Waals surface area contributed by atoms with E-state index in [9.17, 15) is 0 Å². The smallest absolute Gasteiger partial charge is 0.152 e. The molecule has 2 nitrogen and oxygen atoms in total. The molecule has 0 saturated carbocycles. The van der Waals surface area contributed by atoms with E-state index in [2.05, 4.69) is 24.2 Å². The molecule has 0 radical (unpaired) electrons. The molecule has 2 heteroatoms. The van der Waals surface area contributed by atoms with Gasteiger partial charge in [-0.2, -0.15) is 0 Å². The second-order valence-corrected chi connectivity index (χ2v) is 4.44. The molecule has 1 atom stereocenters. The number of hydrogen-bond acceptors (Lipinski definition) is 2. The molecule has 2 aromatic carbocycles. The summed E-state index contributed by atoms with van der Waals surface area (Å²) in [6.07, 6.45) is 3.83. The van der Waals surface area contributed by atoms with Gasteiger partial charge in [0.2, 0.25) is 0 Å². The minimum Gasteiger partial charge on any atom is -0.388 e. The van der Waals surface area contributed by atoms with E-state index in [-0.39, 0.29) is 6.10 Å². The Morgan fingerprint density at radius 3 is 2.26 bits per heavy atom. The summed E-state index contributed by atoms with van der Waals surface area (Å²) in [6.45, 7) is 2.15. The zero-order valence-corrected chi connectivity index (χ0v) is 11.2. The van der Waals surface area contributed by atoms with Gasteiger partial charge in [-0.1, -0.05) is 79.2 Å². The van der Waals surface area contributed by atoms with Gasteiger partial charge in [0.25, 0.3) is 0 Å². The maximum atomic E-state index is 5.64. The lowest BCUT2D eigenvalue weighted by Crippen LogP contribution is -2.00. The van der Waals surface area contributed by atoms with Gasteiger partial charge >= 0.3 is 0 Å². The first kappa shape index (κ1) is 13.3. The van der Waals surface area contributed by atoms with Gasteiger partial charge in [0.1, 0.15) is 0 Å². The van der Waals surface area contributed by atoms with E-state index in [1.165, 1.54) is 5.56 Å². The van der Waals surface area contributed by atoms with Crippen molar-refractivity contribution in [1.29, 1.82) is 0 Å². The summed E-state index contributed by atoms with van der Waals surface area (Å²) in [7, 11) is 0. The Kier molecular flexibility index (Phi) is 5.17. The van der Waals surface area contributed by atoms with E-state index >= 15 is 0 Å². The molecule has 0 heterocycles. The van der Waals surface area contributed by atoms with Crippen molar-refractivity contribution >= 4 is 6.21 Å². The molecule has 0 spiro atoms. The molecule has 0 aliphatic rings. The third-order valence-corrected chi connectivity index (χ3v) is 2.91. The van der Waals surface area contributed by atoms with Crippen molar-refractivity contribution in [2.45, 2.75) is 25.9 Å². The van der Waals surface area contributed by atoms with Gasteiger partial charge in [-0.15, -0.1) is 0 Å². The number of hydrogen-bond donors (Lipinski definition) is 0. The number of benzene rings is 2. The number of nitrogens with zero attached hydrogens (tertiary/aromatic N) is 1. The molecule has 2 aromatic rings. The standard InChI is InChI=1S/C17H19NO/c1-2-9-17(16-12-7-4-8-13-16)19-18-14-15-10-5-3-6-11-15/h3-8,10-14,17H,2,9H2,1H3/b18-14+/t17-/m0/s1. The van der Waals surface area contributed by atoms with Gasteiger partial charge in [-0.05, 0) is 17.5 Å². The molecule has 0 N–H and O–H groups in total. The SMILES string of the molecule is CCC[C@H](O/N=C/c1ccccc1)c1ccccc1.